The Balaban J connectivity index is 1.42. The van der Waals surface area contributed by atoms with Crippen LogP contribution in [0.15, 0.2) is 44.9 Å². The molecule has 2 fully saturated rings. The molecular formula is C21H20BrClN2O3S. The van der Waals surface area contributed by atoms with Gasteiger partial charge in [-0.25, -0.2) is 0 Å². The molecule has 1 saturated heterocycles. The molecule has 0 bridgehead atoms. The molecule has 4 rings (SSSR count). The monoisotopic (exact) mass is 494 g/mol. The zero-order valence-electron chi connectivity index (χ0n) is 15.6. The van der Waals surface area contributed by atoms with Gasteiger partial charge in [-0.05, 0) is 55.4 Å². The lowest BCUT2D eigenvalue weighted by Crippen LogP contribution is -2.41. The van der Waals surface area contributed by atoms with E-state index in [9.17, 15) is 4.79 Å². The largest absolute Gasteiger partial charge is 0.484 e. The third-order valence-corrected chi connectivity index (χ3v) is 6.17. The SMILES string of the molecule is O=C1/C(=C\c2ccc(COc3ccc(Br)cc3Cl)o2)NC(=S)N1C1CCCCC1. The number of furan rings is 1. The highest BCUT2D eigenvalue weighted by Gasteiger charge is 2.36. The number of halogens is 2. The molecule has 1 aliphatic heterocycles. The van der Waals surface area contributed by atoms with Gasteiger partial charge in [0.25, 0.3) is 5.91 Å². The van der Waals surface area contributed by atoms with Gasteiger partial charge in [-0.2, -0.15) is 0 Å². The van der Waals surface area contributed by atoms with E-state index in [1.165, 1.54) is 6.42 Å². The lowest BCUT2D eigenvalue weighted by Gasteiger charge is -2.29. The normalized spacial score (nSPS) is 19.1. The molecule has 0 radical (unpaired) electrons. The van der Waals surface area contributed by atoms with Crippen LogP contribution in [-0.2, 0) is 11.4 Å². The molecule has 1 aromatic heterocycles. The molecule has 0 unspecified atom stereocenters. The maximum Gasteiger partial charge on any atom is 0.276 e. The van der Waals surface area contributed by atoms with Crippen molar-refractivity contribution in [1.82, 2.24) is 10.2 Å². The highest BCUT2D eigenvalue weighted by Crippen LogP contribution is 2.29. The van der Waals surface area contributed by atoms with E-state index >= 15 is 0 Å². The van der Waals surface area contributed by atoms with Crippen molar-refractivity contribution in [1.29, 1.82) is 0 Å². The Morgan fingerprint density at radius 2 is 2.07 bits per heavy atom. The number of nitrogens with one attached hydrogen (secondary N) is 1. The van der Waals surface area contributed by atoms with Gasteiger partial charge in [0.1, 0.15) is 29.6 Å². The van der Waals surface area contributed by atoms with Gasteiger partial charge in [0.15, 0.2) is 5.11 Å². The maximum absolute atomic E-state index is 12.8. The molecule has 8 heteroatoms. The van der Waals surface area contributed by atoms with E-state index in [1.54, 1.807) is 29.2 Å². The van der Waals surface area contributed by atoms with Crippen molar-refractivity contribution >= 4 is 56.8 Å². The minimum absolute atomic E-state index is 0.0854. The van der Waals surface area contributed by atoms with E-state index in [2.05, 4.69) is 21.2 Å². The number of nitrogens with zero attached hydrogens (tertiary/aromatic N) is 1. The molecule has 2 heterocycles. The van der Waals surface area contributed by atoms with E-state index in [-0.39, 0.29) is 18.6 Å². The molecule has 1 aliphatic carbocycles. The molecule has 1 aromatic carbocycles. The number of ether oxygens (including phenoxy) is 1. The van der Waals surface area contributed by atoms with Crippen LogP contribution < -0.4 is 10.1 Å². The second-order valence-corrected chi connectivity index (χ2v) is 8.83. The van der Waals surface area contributed by atoms with Crippen LogP contribution in [0, 0.1) is 0 Å². The Kier molecular flexibility index (Phi) is 6.27. The molecule has 1 amide bonds. The summed E-state index contributed by atoms with van der Waals surface area (Å²) >= 11 is 14.9. The lowest BCUT2D eigenvalue weighted by atomic mass is 9.94. The van der Waals surface area contributed by atoms with E-state index in [1.807, 2.05) is 12.1 Å². The van der Waals surface area contributed by atoms with Gasteiger partial charge in [-0.15, -0.1) is 0 Å². The fraction of sp³-hybridized carbons (Fsp3) is 0.333. The Hall–Kier alpha value is -1.83. The van der Waals surface area contributed by atoms with Crippen LogP contribution in [0.5, 0.6) is 5.75 Å². The Morgan fingerprint density at radius 3 is 2.83 bits per heavy atom. The summed E-state index contributed by atoms with van der Waals surface area (Å²) in [6.45, 7) is 0.235. The van der Waals surface area contributed by atoms with Gasteiger partial charge < -0.3 is 14.5 Å². The zero-order chi connectivity index (χ0) is 20.4. The molecule has 5 nitrogen and oxygen atoms in total. The fourth-order valence-electron chi connectivity index (χ4n) is 3.65. The Labute approximate surface area is 188 Å². The third kappa shape index (κ3) is 4.68. The minimum atomic E-state index is -0.0854. The molecule has 0 atom stereocenters. The molecule has 0 spiro atoms. The van der Waals surface area contributed by atoms with E-state index in [0.29, 0.717) is 33.1 Å². The molecule has 1 N–H and O–H groups in total. The third-order valence-electron chi connectivity index (χ3n) is 5.08. The number of hydrogen-bond acceptors (Lipinski definition) is 4. The summed E-state index contributed by atoms with van der Waals surface area (Å²) in [6.07, 6.45) is 7.20. The van der Waals surface area contributed by atoms with Gasteiger partial charge in [0, 0.05) is 16.6 Å². The predicted octanol–water partition coefficient (Wildman–Crippen LogP) is 5.66. The first-order valence-electron chi connectivity index (χ1n) is 9.54. The molecule has 152 valence electrons. The Morgan fingerprint density at radius 1 is 1.28 bits per heavy atom. The van der Waals surface area contributed by atoms with Crippen LogP contribution in [0.1, 0.15) is 43.6 Å². The summed E-state index contributed by atoms with van der Waals surface area (Å²) < 4.78 is 12.4. The van der Waals surface area contributed by atoms with Crippen molar-refractivity contribution < 1.29 is 13.9 Å². The van der Waals surface area contributed by atoms with E-state index < -0.39 is 0 Å². The molecule has 29 heavy (non-hydrogen) atoms. The quantitative estimate of drug-likeness (QED) is 0.428. The zero-order valence-corrected chi connectivity index (χ0v) is 18.8. The van der Waals surface area contributed by atoms with Crippen LogP contribution in [0.4, 0.5) is 0 Å². The smallest absolute Gasteiger partial charge is 0.276 e. The summed E-state index contributed by atoms with van der Waals surface area (Å²) in [7, 11) is 0. The summed E-state index contributed by atoms with van der Waals surface area (Å²) in [6, 6.07) is 9.23. The summed E-state index contributed by atoms with van der Waals surface area (Å²) in [4.78, 5) is 14.5. The van der Waals surface area contributed by atoms with Crippen LogP contribution >= 0.6 is 39.7 Å². The van der Waals surface area contributed by atoms with Crippen molar-refractivity contribution in [3.05, 3.63) is 57.0 Å². The van der Waals surface area contributed by atoms with Crippen molar-refractivity contribution in [3.8, 4) is 5.75 Å². The topological polar surface area (TPSA) is 54.7 Å². The van der Waals surface area contributed by atoms with Crippen LogP contribution in [0.2, 0.25) is 5.02 Å². The fourth-order valence-corrected chi connectivity index (χ4v) is 4.72. The van der Waals surface area contributed by atoms with Crippen LogP contribution in [0.3, 0.4) is 0 Å². The average molecular weight is 496 g/mol. The highest BCUT2D eigenvalue weighted by atomic mass is 79.9. The highest BCUT2D eigenvalue weighted by molar-refractivity contribution is 9.10. The van der Waals surface area contributed by atoms with Gasteiger partial charge in [-0.1, -0.05) is 46.8 Å². The number of thiocarbonyl (C=S) groups is 1. The number of carbonyl (C=O) groups is 1. The first-order chi connectivity index (χ1) is 14.0. The Bertz CT molecular complexity index is 969. The molecule has 2 aromatic rings. The number of benzene rings is 1. The van der Waals surface area contributed by atoms with Crippen molar-refractivity contribution in [2.45, 2.75) is 44.8 Å². The number of amides is 1. The number of rotatable bonds is 5. The van der Waals surface area contributed by atoms with E-state index in [0.717, 1.165) is 30.2 Å². The van der Waals surface area contributed by atoms with Gasteiger partial charge in [0.05, 0.1) is 5.02 Å². The minimum Gasteiger partial charge on any atom is -0.484 e. The second-order valence-electron chi connectivity index (χ2n) is 7.12. The van der Waals surface area contributed by atoms with Crippen LogP contribution in [-0.4, -0.2) is 22.0 Å². The lowest BCUT2D eigenvalue weighted by molar-refractivity contribution is -0.124. The first kappa shape index (κ1) is 20.4. The molecule has 2 aliphatic rings. The molecular weight excluding hydrogens is 476 g/mol. The standard InChI is InChI=1S/C21H20BrClN2O3S/c22-13-6-9-19(17(23)10-13)27-12-16-8-7-15(28-16)11-18-20(26)25(21(29)24-18)14-4-2-1-3-5-14/h6-11,14H,1-5,12H2,(H,24,29)/b18-11+. The first-order valence-corrected chi connectivity index (χ1v) is 11.1. The summed E-state index contributed by atoms with van der Waals surface area (Å²) in [5.41, 5.74) is 0.443. The maximum atomic E-state index is 12.8. The van der Waals surface area contributed by atoms with Gasteiger partial charge in [0.2, 0.25) is 0 Å². The van der Waals surface area contributed by atoms with Gasteiger partial charge >= 0.3 is 0 Å². The van der Waals surface area contributed by atoms with Gasteiger partial charge in [-0.3, -0.25) is 9.69 Å². The summed E-state index contributed by atoms with van der Waals surface area (Å²) in [5.74, 6) is 1.69. The number of hydrogen-bond donors (Lipinski definition) is 1. The second kappa shape index (κ2) is 8.90. The van der Waals surface area contributed by atoms with Crippen molar-refractivity contribution in [2.75, 3.05) is 0 Å². The predicted molar refractivity (Wildman–Crippen MR) is 120 cm³/mol. The van der Waals surface area contributed by atoms with Crippen molar-refractivity contribution in [3.63, 3.8) is 0 Å². The van der Waals surface area contributed by atoms with Crippen LogP contribution in [0.25, 0.3) is 6.08 Å². The summed E-state index contributed by atoms with van der Waals surface area (Å²) in [5, 5.41) is 4.03. The average Bonchev–Trinajstić information content (AvgIpc) is 3.26. The number of carbonyl (C=O) groups excluding carboxylic acids is 1. The molecule has 1 saturated carbocycles. The van der Waals surface area contributed by atoms with E-state index in [4.69, 9.17) is 33.0 Å². The van der Waals surface area contributed by atoms with Crippen molar-refractivity contribution in [2.24, 2.45) is 0 Å².